The van der Waals surface area contributed by atoms with Crippen LogP contribution < -0.4 is 0 Å². The molecule has 126 valence electrons. The average Bonchev–Trinajstić information content (AvgIpc) is 3.10. The first-order valence-corrected chi connectivity index (χ1v) is 9.43. The van der Waals surface area contributed by atoms with Gasteiger partial charge in [0.05, 0.1) is 23.6 Å². The molecular formula is C14H20N4O4S. The van der Waals surface area contributed by atoms with E-state index in [2.05, 4.69) is 10.2 Å². The van der Waals surface area contributed by atoms with Crippen molar-refractivity contribution in [1.82, 2.24) is 20.0 Å². The molecule has 9 heteroatoms. The van der Waals surface area contributed by atoms with Gasteiger partial charge in [-0.1, -0.05) is 13.8 Å². The molecule has 0 aromatic carbocycles. The van der Waals surface area contributed by atoms with Crippen molar-refractivity contribution in [2.75, 3.05) is 24.6 Å². The number of aromatic nitrogens is 2. The molecule has 0 saturated carbocycles. The van der Waals surface area contributed by atoms with Crippen LogP contribution in [0.5, 0.6) is 0 Å². The molecule has 0 aliphatic carbocycles. The molecule has 0 bridgehead atoms. The summed E-state index contributed by atoms with van der Waals surface area (Å²) in [5.41, 5.74) is 0.330. The molecule has 2 aliphatic heterocycles. The van der Waals surface area contributed by atoms with Crippen molar-refractivity contribution >= 4 is 21.7 Å². The fraction of sp³-hybridized carbons (Fsp3) is 0.643. The molecule has 1 N–H and O–H groups in total. The SMILES string of the molecule is CC(C)C(=O)N1CCN(C(=O)c2ccn[nH]2)[C@@H]2CS(=O)(=O)C[C@@H]21. The van der Waals surface area contributed by atoms with Gasteiger partial charge < -0.3 is 9.80 Å². The predicted octanol–water partition coefficient (Wildman–Crippen LogP) is -0.484. The fourth-order valence-electron chi connectivity index (χ4n) is 3.34. The third kappa shape index (κ3) is 2.85. The van der Waals surface area contributed by atoms with Gasteiger partial charge in [0, 0.05) is 25.2 Å². The van der Waals surface area contributed by atoms with Gasteiger partial charge in [0.25, 0.3) is 5.91 Å². The lowest BCUT2D eigenvalue weighted by Gasteiger charge is -2.44. The van der Waals surface area contributed by atoms with E-state index >= 15 is 0 Å². The zero-order valence-electron chi connectivity index (χ0n) is 13.1. The van der Waals surface area contributed by atoms with Crippen molar-refractivity contribution in [3.05, 3.63) is 18.0 Å². The van der Waals surface area contributed by atoms with Gasteiger partial charge >= 0.3 is 0 Å². The van der Waals surface area contributed by atoms with Crippen molar-refractivity contribution in [2.45, 2.75) is 25.9 Å². The van der Waals surface area contributed by atoms with Crippen molar-refractivity contribution in [1.29, 1.82) is 0 Å². The number of rotatable bonds is 2. The summed E-state index contributed by atoms with van der Waals surface area (Å²) in [6.07, 6.45) is 1.48. The number of amides is 2. The third-order valence-corrected chi connectivity index (χ3v) is 6.14. The molecule has 3 rings (SSSR count). The van der Waals surface area contributed by atoms with Crippen LogP contribution in [-0.4, -0.2) is 76.9 Å². The van der Waals surface area contributed by atoms with E-state index in [0.717, 1.165) is 0 Å². The lowest BCUT2D eigenvalue weighted by molar-refractivity contribution is -0.139. The largest absolute Gasteiger partial charge is 0.335 e. The maximum absolute atomic E-state index is 12.6. The van der Waals surface area contributed by atoms with Gasteiger partial charge in [0.1, 0.15) is 5.69 Å². The van der Waals surface area contributed by atoms with Gasteiger partial charge in [-0.3, -0.25) is 14.7 Å². The quantitative estimate of drug-likeness (QED) is 0.783. The first kappa shape index (κ1) is 16.0. The number of hydrogen-bond acceptors (Lipinski definition) is 5. The summed E-state index contributed by atoms with van der Waals surface area (Å²) in [7, 11) is -3.27. The number of H-pyrrole nitrogens is 1. The second-order valence-electron chi connectivity index (χ2n) is 6.37. The summed E-state index contributed by atoms with van der Waals surface area (Å²) in [4.78, 5) is 28.1. The van der Waals surface area contributed by atoms with Crippen LogP contribution in [0.1, 0.15) is 24.3 Å². The third-order valence-electron chi connectivity index (χ3n) is 4.44. The number of aromatic amines is 1. The predicted molar refractivity (Wildman–Crippen MR) is 82.4 cm³/mol. The highest BCUT2D eigenvalue weighted by atomic mass is 32.2. The van der Waals surface area contributed by atoms with Crippen LogP contribution in [-0.2, 0) is 14.6 Å². The van der Waals surface area contributed by atoms with Crippen LogP contribution in [0.25, 0.3) is 0 Å². The van der Waals surface area contributed by atoms with Crippen LogP contribution >= 0.6 is 0 Å². The lowest BCUT2D eigenvalue weighted by Crippen LogP contribution is -2.62. The summed E-state index contributed by atoms with van der Waals surface area (Å²) in [5.74, 6) is -0.715. The number of fused-ring (bicyclic) bond motifs is 1. The van der Waals surface area contributed by atoms with Crippen LogP contribution in [0, 0.1) is 5.92 Å². The number of carbonyl (C=O) groups excluding carboxylic acids is 2. The summed E-state index contributed by atoms with van der Waals surface area (Å²) in [6, 6.07) is 0.606. The van der Waals surface area contributed by atoms with E-state index < -0.39 is 21.9 Å². The Morgan fingerprint density at radius 3 is 2.39 bits per heavy atom. The summed E-state index contributed by atoms with van der Waals surface area (Å²) < 4.78 is 24.2. The monoisotopic (exact) mass is 340 g/mol. The number of carbonyl (C=O) groups is 2. The van der Waals surface area contributed by atoms with Gasteiger partial charge in [-0.15, -0.1) is 0 Å². The Hall–Kier alpha value is -1.90. The molecule has 2 aliphatic rings. The smallest absolute Gasteiger partial charge is 0.272 e. The Balaban J connectivity index is 1.90. The number of nitrogens with one attached hydrogen (secondary N) is 1. The Morgan fingerprint density at radius 2 is 1.83 bits per heavy atom. The molecule has 1 aromatic rings. The van der Waals surface area contributed by atoms with Crippen LogP contribution in [0.2, 0.25) is 0 Å². The Bertz CT molecular complexity index is 713. The maximum Gasteiger partial charge on any atom is 0.272 e. The fourth-order valence-corrected chi connectivity index (χ4v) is 5.32. The maximum atomic E-state index is 12.6. The molecular weight excluding hydrogens is 320 g/mol. The molecule has 3 heterocycles. The van der Waals surface area contributed by atoms with Crippen molar-refractivity contribution in [3.8, 4) is 0 Å². The van der Waals surface area contributed by atoms with Crippen LogP contribution in [0.15, 0.2) is 12.3 Å². The molecule has 0 radical (unpaired) electrons. The molecule has 23 heavy (non-hydrogen) atoms. The standard InChI is InChI=1S/C14H20N4O4S/c1-9(2)13(19)17-5-6-18(14(20)10-3-4-15-16-10)12-8-23(21,22)7-11(12)17/h3-4,9,11-12H,5-8H2,1-2H3,(H,15,16)/t11-,12+/m0/s1. The van der Waals surface area contributed by atoms with E-state index in [1.165, 1.54) is 6.20 Å². The van der Waals surface area contributed by atoms with Crippen molar-refractivity contribution in [2.24, 2.45) is 5.92 Å². The van der Waals surface area contributed by atoms with Gasteiger partial charge in [-0.2, -0.15) is 5.10 Å². The zero-order valence-corrected chi connectivity index (χ0v) is 13.9. The average molecular weight is 340 g/mol. The van der Waals surface area contributed by atoms with Gasteiger partial charge in [-0.25, -0.2) is 8.42 Å². The molecule has 2 atom stereocenters. The Kier molecular flexibility index (Phi) is 3.91. The first-order valence-electron chi connectivity index (χ1n) is 7.61. The highest BCUT2D eigenvalue weighted by Gasteiger charge is 2.49. The van der Waals surface area contributed by atoms with Crippen LogP contribution in [0.4, 0.5) is 0 Å². The molecule has 8 nitrogen and oxygen atoms in total. The van der Waals surface area contributed by atoms with E-state index in [9.17, 15) is 18.0 Å². The molecule has 0 spiro atoms. The van der Waals surface area contributed by atoms with E-state index in [1.54, 1.807) is 29.7 Å². The highest BCUT2D eigenvalue weighted by Crippen LogP contribution is 2.29. The number of hydrogen-bond donors (Lipinski definition) is 1. The van der Waals surface area contributed by atoms with Crippen molar-refractivity contribution < 1.29 is 18.0 Å². The molecule has 0 unspecified atom stereocenters. The lowest BCUT2D eigenvalue weighted by atomic mass is 10.0. The minimum absolute atomic E-state index is 0.0641. The summed E-state index contributed by atoms with van der Waals surface area (Å²) in [5, 5.41) is 6.38. The highest BCUT2D eigenvalue weighted by molar-refractivity contribution is 7.91. The molecule has 2 amide bonds. The zero-order chi connectivity index (χ0) is 16.8. The Morgan fingerprint density at radius 1 is 1.22 bits per heavy atom. The first-order chi connectivity index (χ1) is 10.8. The van der Waals surface area contributed by atoms with Crippen molar-refractivity contribution in [3.63, 3.8) is 0 Å². The molecule has 1 aromatic heterocycles. The molecule has 2 fully saturated rings. The van der Waals surface area contributed by atoms with E-state index in [1.807, 2.05) is 0 Å². The van der Waals surface area contributed by atoms with E-state index in [-0.39, 0.29) is 29.2 Å². The normalized spacial score (nSPS) is 26.4. The van der Waals surface area contributed by atoms with Gasteiger partial charge in [0.15, 0.2) is 9.84 Å². The minimum atomic E-state index is -3.27. The van der Waals surface area contributed by atoms with Crippen LogP contribution in [0.3, 0.4) is 0 Å². The number of piperazine rings is 1. The summed E-state index contributed by atoms with van der Waals surface area (Å²) >= 11 is 0. The number of sulfone groups is 1. The van der Waals surface area contributed by atoms with Gasteiger partial charge in [-0.05, 0) is 6.07 Å². The minimum Gasteiger partial charge on any atom is -0.335 e. The topological polar surface area (TPSA) is 103 Å². The van der Waals surface area contributed by atoms with Gasteiger partial charge in [0.2, 0.25) is 5.91 Å². The Labute approximate surface area is 134 Å². The van der Waals surface area contributed by atoms with E-state index in [0.29, 0.717) is 18.8 Å². The second kappa shape index (κ2) is 5.63. The summed E-state index contributed by atoms with van der Waals surface area (Å²) in [6.45, 7) is 4.27. The molecule has 2 saturated heterocycles. The van der Waals surface area contributed by atoms with E-state index in [4.69, 9.17) is 0 Å². The second-order valence-corrected chi connectivity index (χ2v) is 8.52. The number of nitrogens with zero attached hydrogens (tertiary/aromatic N) is 3.